The lowest BCUT2D eigenvalue weighted by Crippen LogP contribution is -2.48. The van der Waals surface area contributed by atoms with Crippen LogP contribution >= 0.6 is 23.8 Å². The van der Waals surface area contributed by atoms with Gasteiger partial charge in [-0.1, -0.05) is 23.7 Å². The number of aromatic hydroxyl groups is 1. The average molecular weight is 350 g/mol. The van der Waals surface area contributed by atoms with Gasteiger partial charge in [0.1, 0.15) is 5.75 Å². The largest absolute Gasteiger partial charge is 0.508 e. The first kappa shape index (κ1) is 16.7. The summed E-state index contributed by atoms with van der Waals surface area (Å²) >= 11 is 10.8. The number of hydrogen-bond acceptors (Lipinski definition) is 4. The van der Waals surface area contributed by atoms with Gasteiger partial charge in [0.2, 0.25) is 0 Å². The number of phenols is 1. The van der Waals surface area contributed by atoms with Crippen molar-refractivity contribution in [3.63, 3.8) is 0 Å². The summed E-state index contributed by atoms with van der Waals surface area (Å²) in [4.78, 5) is 23.8. The molecule has 2 rings (SSSR count). The highest BCUT2D eigenvalue weighted by Crippen LogP contribution is 2.14. The van der Waals surface area contributed by atoms with Gasteiger partial charge in [0.05, 0.1) is 10.6 Å². The lowest BCUT2D eigenvalue weighted by Gasteiger charge is -2.11. The van der Waals surface area contributed by atoms with E-state index in [0.717, 1.165) is 0 Å². The number of amides is 2. The van der Waals surface area contributed by atoms with Gasteiger partial charge < -0.3 is 5.11 Å². The Hall–Kier alpha value is -2.64. The highest BCUT2D eigenvalue weighted by atomic mass is 35.5. The van der Waals surface area contributed by atoms with Crippen LogP contribution in [0.15, 0.2) is 48.5 Å². The van der Waals surface area contributed by atoms with Gasteiger partial charge in [0.15, 0.2) is 5.11 Å². The molecule has 0 aliphatic carbocycles. The molecule has 0 heterocycles. The number of thiocarbonyl (C=S) groups is 1. The van der Waals surface area contributed by atoms with Gasteiger partial charge in [-0.05, 0) is 48.6 Å². The first-order valence-electron chi connectivity index (χ1n) is 6.42. The minimum Gasteiger partial charge on any atom is -0.508 e. The predicted octanol–water partition coefficient (Wildman–Crippen LogP) is 1.99. The maximum atomic E-state index is 12.0. The number of carbonyl (C=O) groups excluding carboxylic acids is 2. The maximum Gasteiger partial charge on any atom is 0.269 e. The Bertz CT molecular complexity index is 750. The molecule has 2 aromatic rings. The second kappa shape index (κ2) is 7.57. The Balaban J connectivity index is 1.88. The molecule has 0 bridgehead atoms. The van der Waals surface area contributed by atoms with Crippen molar-refractivity contribution < 1.29 is 14.7 Å². The highest BCUT2D eigenvalue weighted by Gasteiger charge is 2.12. The Labute approximate surface area is 142 Å². The molecule has 2 amide bonds. The number of benzene rings is 2. The zero-order valence-corrected chi connectivity index (χ0v) is 13.2. The summed E-state index contributed by atoms with van der Waals surface area (Å²) < 4.78 is 0. The van der Waals surface area contributed by atoms with Crippen LogP contribution in [0.25, 0.3) is 0 Å². The van der Waals surface area contributed by atoms with Crippen LogP contribution in [0.2, 0.25) is 5.02 Å². The van der Waals surface area contributed by atoms with Gasteiger partial charge in [0.25, 0.3) is 11.8 Å². The Kier molecular flexibility index (Phi) is 5.51. The molecule has 8 heteroatoms. The van der Waals surface area contributed by atoms with Crippen LogP contribution < -0.4 is 16.2 Å². The number of hydrogen-bond donors (Lipinski definition) is 4. The zero-order valence-electron chi connectivity index (χ0n) is 11.7. The Morgan fingerprint density at radius 1 is 0.957 bits per heavy atom. The van der Waals surface area contributed by atoms with Crippen molar-refractivity contribution in [2.24, 2.45) is 0 Å². The van der Waals surface area contributed by atoms with Crippen molar-refractivity contribution >= 4 is 40.7 Å². The average Bonchev–Trinajstić information content (AvgIpc) is 2.53. The summed E-state index contributed by atoms with van der Waals surface area (Å²) in [6, 6.07) is 12.2. The van der Waals surface area contributed by atoms with Crippen molar-refractivity contribution in [2.75, 3.05) is 0 Å². The minimum atomic E-state index is -0.494. The van der Waals surface area contributed by atoms with Crippen molar-refractivity contribution in [3.8, 4) is 5.75 Å². The summed E-state index contributed by atoms with van der Waals surface area (Å²) in [6.45, 7) is 0. The van der Waals surface area contributed by atoms with Crippen LogP contribution in [0, 0.1) is 0 Å². The highest BCUT2D eigenvalue weighted by molar-refractivity contribution is 7.80. The summed E-state index contributed by atoms with van der Waals surface area (Å²) in [5.41, 5.74) is 5.32. The molecule has 0 atom stereocenters. The van der Waals surface area contributed by atoms with Crippen molar-refractivity contribution in [1.29, 1.82) is 0 Å². The second-order valence-corrected chi connectivity index (χ2v) is 5.20. The third-order valence-corrected chi connectivity index (χ3v) is 3.30. The van der Waals surface area contributed by atoms with Gasteiger partial charge in [-0.25, -0.2) is 0 Å². The first-order chi connectivity index (χ1) is 11.0. The number of hydrazine groups is 1. The van der Waals surface area contributed by atoms with Crippen molar-refractivity contribution in [2.45, 2.75) is 0 Å². The predicted molar refractivity (Wildman–Crippen MR) is 90.2 cm³/mol. The van der Waals surface area contributed by atoms with E-state index in [1.54, 1.807) is 24.3 Å². The lowest BCUT2D eigenvalue weighted by molar-refractivity contribution is 0.0934. The maximum absolute atomic E-state index is 12.0. The molecular formula is C15H12ClN3O3S. The van der Waals surface area contributed by atoms with E-state index in [4.69, 9.17) is 28.9 Å². The zero-order chi connectivity index (χ0) is 16.8. The van der Waals surface area contributed by atoms with Crippen LogP contribution in [0.5, 0.6) is 5.75 Å². The fourth-order valence-electron chi connectivity index (χ4n) is 1.65. The first-order valence-corrected chi connectivity index (χ1v) is 7.21. The van der Waals surface area contributed by atoms with Crippen LogP contribution in [-0.2, 0) is 0 Å². The number of rotatable bonds is 2. The number of phenolic OH excluding ortho intramolecular Hbond substituents is 1. The molecule has 0 saturated heterocycles. The molecule has 0 unspecified atom stereocenters. The molecule has 23 heavy (non-hydrogen) atoms. The van der Waals surface area contributed by atoms with E-state index in [9.17, 15) is 9.59 Å². The number of halogens is 1. The molecule has 0 aliphatic heterocycles. The molecule has 0 fully saturated rings. The summed E-state index contributed by atoms with van der Waals surface area (Å²) in [7, 11) is 0. The van der Waals surface area contributed by atoms with Crippen LogP contribution in [0.3, 0.4) is 0 Å². The van der Waals surface area contributed by atoms with E-state index in [0.29, 0.717) is 10.6 Å². The van der Waals surface area contributed by atoms with Crippen LogP contribution in [-0.4, -0.2) is 22.0 Å². The van der Waals surface area contributed by atoms with E-state index in [1.807, 2.05) is 0 Å². The molecule has 0 aromatic heterocycles. The number of nitrogens with one attached hydrogen (secondary N) is 3. The third-order valence-electron chi connectivity index (χ3n) is 2.76. The van der Waals surface area contributed by atoms with E-state index < -0.39 is 11.8 Å². The second-order valence-electron chi connectivity index (χ2n) is 4.39. The molecule has 4 N–H and O–H groups in total. The Morgan fingerprint density at radius 3 is 2.26 bits per heavy atom. The van der Waals surface area contributed by atoms with E-state index in [1.165, 1.54) is 24.3 Å². The fraction of sp³-hybridized carbons (Fsp3) is 0. The van der Waals surface area contributed by atoms with Gasteiger partial charge >= 0.3 is 0 Å². The summed E-state index contributed by atoms with van der Waals surface area (Å²) in [5, 5.41) is 11.8. The molecular weight excluding hydrogens is 338 g/mol. The third kappa shape index (κ3) is 4.67. The number of carbonyl (C=O) groups is 2. The topological polar surface area (TPSA) is 90.5 Å². The normalized spacial score (nSPS) is 9.78. The quantitative estimate of drug-likeness (QED) is 0.492. The van der Waals surface area contributed by atoms with Crippen molar-refractivity contribution in [3.05, 3.63) is 64.7 Å². The summed E-state index contributed by atoms with van der Waals surface area (Å²) in [6.07, 6.45) is 0. The molecule has 0 saturated carbocycles. The van der Waals surface area contributed by atoms with Gasteiger partial charge in [-0.3, -0.25) is 25.8 Å². The molecule has 0 aliphatic rings. The van der Waals surface area contributed by atoms with Gasteiger partial charge in [0, 0.05) is 5.56 Å². The smallest absolute Gasteiger partial charge is 0.269 e. The molecule has 0 spiro atoms. The van der Waals surface area contributed by atoms with Crippen molar-refractivity contribution in [1.82, 2.24) is 16.2 Å². The standard InChI is InChI=1S/C15H12ClN3O3S/c16-12-4-2-1-3-11(12)14(22)17-15(23)19-18-13(21)9-5-7-10(20)8-6-9/h1-8,20H,(H,18,21)(H2,17,19,22,23). The molecule has 2 aromatic carbocycles. The SMILES string of the molecule is O=C(NNC(=S)NC(=O)c1ccccc1Cl)c1ccc(O)cc1. The molecule has 118 valence electrons. The van der Waals surface area contributed by atoms with Crippen LogP contribution in [0.4, 0.5) is 0 Å². The monoisotopic (exact) mass is 349 g/mol. The molecule has 6 nitrogen and oxygen atoms in total. The van der Waals surface area contributed by atoms with Gasteiger partial charge in [-0.2, -0.15) is 0 Å². The Morgan fingerprint density at radius 2 is 1.61 bits per heavy atom. The lowest BCUT2D eigenvalue weighted by atomic mass is 10.2. The van der Waals surface area contributed by atoms with E-state index in [2.05, 4.69) is 16.2 Å². The van der Waals surface area contributed by atoms with Gasteiger partial charge in [-0.15, -0.1) is 0 Å². The van der Waals surface area contributed by atoms with E-state index in [-0.39, 0.29) is 16.4 Å². The molecule has 0 radical (unpaired) electrons. The summed E-state index contributed by atoms with van der Waals surface area (Å²) in [5.74, 6) is -0.914. The fourth-order valence-corrected chi connectivity index (χ4v) is 2.01. The van der Waals surface area contributed by atoms with Crippen LogP contribution in [0.1, 0.15) is 20.7 Å². The minimum absolute atomic E-state index is 0.0528. The van der Waals surface area contributed by atoms with E-state index >= 15 is 0 Å².